The summed E-state index contributed by atoms with van der Waals surface area (Å²) in [5, 5.41) is 3.63. The summed E-state index contributed by atoms with van der Waals surface area (Å²) in [4.78, 5) is 31.0. The number of hydrogen-bond acceptors (Lipinski definition) is 7. The molecule has 4 rings (SSSR count). The molecule has 0 spiro atoms. The van der Waals surface area contributed by atoms with E-state index in [9.17, 15) is 22.8 Å². The second kappa shape index (κ2) is 14.7. The van der Waals surface area contributed by atoms with Crippen LogP contribution in [-0.4, -0.2) is 68.9 Å². The summed E-state index contributed by atoms with van der Waals surface area (Å²) in [5.41, 5.74) is -0.519. The van der Waals surface area contributed by atoms with Crippen LogP contribution in [0, 0.1) is 5.95 Å². The van der Waals surface area contributed by atoms with Crippen LogP contribution in [0.2, 0.25) is 0 Å². The van der Waals surface area contributed by atoms with Crippen molar-refractivity contribution in [1.29, 1.82) is 0 Å². The fourth-order valence-corrected chi connectivity index (χ4v) is 4.95. The third-order valence-corrected chi connectivity index (χ3v) is 6.96. The number of amides is 1. The maximum atomic E-state index is 15.2. The first kappa shape index (κ1) is 36.9. The molecule has 0 fully saturated rings. The van der Waals surface area contributed by atoms with Gasteiger partial charge in [0.2, 0.25) is 11.8 Å². The van der Waals surface area contributed by atoms with Gasteiger partial charge >= 0.3 is 18.4 Å². The van der Waals surface area contributed by atoms with Crippen molar-refractivity contribution in [3.05, 3.63) is 89.5 Å². The molecule has 2 aromatic carbocycles. The van der Waals surface area contributed by atoms with E-state index in [1.807, 2.05) is 6.92 Å². The van der Waals surface area contributed by atoms with Crippen molar-refractivity contribution >= 4 is 34.2 Å². The summed E-state index contributed by atoms with van der Waals surface area (Å²) >= 11 is 0. The molecule has 0 atom stereocenters. The molecule has 0 saturated heterocycles. The van der Waals surface area contributed by atoms with Crippen LogP contribution in [0.5, 0.6) is 5.88 Å². The molecule has 0 radical (unpaired) electrons. The van der Waals surface area contributed by atoms with E-state index in [1.165, 1.54) is 35.4 Å². The van der Waals surface area contributed by atoms with Gasteiger partial charge in [-0.1, -0.05) is 36.4 Å². The van der Waals surface area contributed by atoms with Crippen molar-refractivity contribution in [1.82, 2.24) is 19.7 Å². The molecule has 262 valence electrons. The minimum atomic E-state index is -4.59. The number of halogens is 4. The topological polar surface area (TPSA) is 95.8 Å². The zero-order valence-corrected chi connectivity index (χ0v) is 28.5. The maximum Gasteiger partial charge on any atom is 0.435 e. The number of aromatic nitrogens is 3. The summed E-state index contributed by atoms with van der Waals surface area (Å²) in [5.74, 6) is -0.811. The van der Waals surface area contributed by atoms with Gasteiger partial charge in [-0.2, -0.15) is 22.2 Å². The molecule has 0 saturated carbocycles. The van der Waals surface area contributed by atoms with Crippen molar-refractivity contribution in [2.24, 2.45) is 0 Å². The van der Waals surface area contributed by atoms with Crippen molar-refractivity contribution in [3.8, 4) is 5.88 Å². The highest BCUT2D eigenvalue weighted by molar-refractivity contribution is 6.01. The molecule has 0 aliphatic rings. The Balaban J connectivity index is 1.75. The SMILES string of the molecule is CCN(CCOc1ccc(/C(=C(/CC(F)(F)F)c2ccccc2)c2ccc3c(c2)c(F)nn3C(=O)OC(C)(C)C)cn1)C(=O)OC(C)(C)C. The number of nitrogens with zero attached hydrogens (tertiary/aromatic N) is 4. The standard InChI is InChI=1S/C36H40F4N4O5/c1-8-43(32(45)48-34(2,3)4)18-19-47-29-17-15-25(22-41-29)30(27(21-36(38,39)40)23-12-10-9-11-13-23)24-14-16-28-26(20-24)31(37)42-44(28)33(46)49-35(5,6)7/h9-17,20,22H,8,18-19,21H2,1-7H3/b30-27-. The fraction of sp³-hybridized carbons (Fsp3) is 0.389. The van der Waals surface area contributed by atoms with E-state index >= 15 is 4.39 Å². The van der Waals surface area contributed by atoms with Gasteiger partial charge in [-0.3, -0.25) is 0 Å². The van der Waals surface area contributed by atoms with Crippen molar-refractivity contribution in [2.75, 3.05) is 19.7 Å². The molecule has 2 aromatic heterocycles. The fourth-order valence-electron chi connectivity index (χ4n) is 4.95. The number of carbonyl (C=O) groups is 2. The molecule has 0 aliphatic carbocycles. The van der Waals surface area contributed by atoms with E-state index in [1.54, 1.807) is 77.9 Å². The Morgan fingerprint density at radius 3 is 2.08 bits per heavy atom. The van der Waals surface area contributed by atoms with E-state index in [0.717, 1.165) is 4.68 Å². The van der Waals surface area contributed by atoms with Gasteiger partial charge in [0.15, 0.2) is 0 Å². The molecule has 0 unspecified atom stereocenters. The molecule has 0 bridgehead atoms. The number of ether oxygens (including phenoxy) is 3. The first-order valence-electron chi connectivity index (χ1n) is 15.7. The summed E-state index contributed by atoms with van der Waals surface area (Å²) < 4.78 is 75.0. The molecule has 4 aromatic rings. The predicted octanol–water partition coefficient (Wildman–Crippen LogP) is 8.90. The number of rotatable bonds is 9. The van der Waals surface area contributed by atoms with Crippen molar-refractivity contribution in [2.45, 2.75) is 72.3 Å². The highest BCUT2D eigenvalue weighted by Crippen LogP contribution is 2.40. The molecular weight excluding hydrogens is 644 g/mol. The third-order valence-electron chi connectivity index (χ3n) is 6.96. The number of fused-ring (bicyclic) bond motifs is 1. The third kappa shape index (κ3) is 10.0. The highest BCUT2D eigenvalue weighted by atomic mass is 19.4. The molecule has 2 heterocycles. The number of hydrogen-bond donors (Lipinski definition) is 0. The quantitative estimate of drug-likeness (QED) is 0.128. The monoisotopic (exact) mass is 684 g/mol. The minimum Gasteiger partial charge on any atom is -0.476 e. The molecule has 13 heteroatoms. The summed E-state index contributed by atoms with van der Waals surface area (Å²) in [7, 11) is 0. The van der Waals surface area contributed by atoms with E-state index in [4.69, 9.17) is 14.2 Å². The van der Waals surface area contributed by atoms with E-state index < -0.39 is 41.9 Å². The number of benzene rings is 2. The van der Waals surface area contributed by atoms with Crippen LogP contribution in [-0.2, 0) is 9.47 Å². The Morgan fingerprint density at radius 2 is 1.51 bits per heavy atom. The van der Waals surface area contributed by atoms with Crippen LogP contribution >= 0.6 is 0 Å². The Bertz CT molecular complexity index is 1810. The second-order valence-electron chi connectivity index (χ2n) is 13.2. The Morgan fingerprint density at radius 1 is 0.857 bits per heavy atom. The van der Waals surface area contributed by atoms with Crippen molar-refractivity contribution in [3.63, 3.8) is 0 Å². The number of alkyl halides is 3. The number of likely N-dealkylation sites (N-methyl/N-ethyl adjacent to an activating group) is 1. The van der Waals surface area contributed by atoms with Crippen LogP contribution in [0.3, 0.4) is 0 Å². The van der Waals surface area contributed by atoms with Gasteiger partial charge < -0.3 is 19.1 Å². The van der Waals surface area contributed by atoms with Crippen LogP contribution < -0.4 is 4.74 Å². The van der Waals surface area contributed by atoms with E-state index in [-0.39, 0.29) is 46.6 Å². The van der Waals surface area contributed by atoms with E-state index in [2.05, 4.69) is 10.1 Å². The smallest absolute Gasteiger partial charge is 0.435 e. The predicted molar refractivity (Wildman–Crippen MR) is 178 cm³/mol. The zero-order valence-electron chi connectivity index (χ0n) is 28.5. The Hall–Kier alpha value is -4.94. The lowest BCUT2D eigenvalue weighted by Crippen LogP contribution is -2.38. The molecule has 0 aliphatic heterocycles. The number of allylic oxidation sites excluding steroid dienone is 1. The first-order chi connectivity index (χ1) is 22.8. The van der Waals surface area contributed by atoms with Crippen molar-refractivity contribution < 1.29 is 41.4 Å². The summed E-state index contributed by atoms with van der Waals surface area (Å²) in [6, 6.07) is 15.4. The summed E-state index contributed by atoms with van der Waals surface area (Å²) in [6.45, 7) is 12.8. The summed E-state index contributed by atoms with van der Waals surface area (Å²) in [6.07, 6.45) is -5.90. The zero-order chi connectivity index (χ0) is 36.1. The van der Waals surface area contributed by atoms with Crippen LogP contribution in [0.15, 0.2) is 66.9 Å². The lowest BCUT2D eigenvalue weighted by atomic mass is 9.88. The van der Waals surface area contributed by atoms with Gasteiger partial charge in [-0.05, 0) is 88.9 Å². The lowest BCUT2D eigenvalue weighted by molar-refractivity contribution is -0.122. The van der Waals surface area contributed by atoms with Gasteiger partial charge in [0, 0.05) is 24.4 Å². The van der Waals surface area contributed by atoms with Crippen LogP contribution in [0.1, 0.15) is 71.6 Å². The van der Waals surface area contributed by atoms with Gasteiger partial charge in [0.1, 0.15) is 17.8 Å². The molecule has 1 amide bonds. The Kier molecular flexibility index (Phi) is 11.0. The molecular formula is C36H40F4N4O5. The normalized spacial score (nSPS) is 12.8. The molecule has 0 N–H and O–H groups in total. The average Bonchev–Trinajstić information content (AvgIpc) is 3.33. The minimum absolute atomic E-state index is 0.0705. The first-order valence-corrected chi connectivity index (χ1v) is 15.7. The molecule has 9 nitrogen and oxygen atoms in total. The van der Waals surface area contributed by atoms with Gasteiger partial charge in [0.25, 0.3) is 0 Å². The maximum absolute atomic E-state index is 15.2. The second-order valence-corrected chi connectivity index (χ2v) is 13.2. The van der Waals surface area contributed by atoms with Gasteiger partial charge in [0.05, 0.1) is 23.9 Å². The lowest BCUT2D eigenvalue weighted by Gasteiger charge is -2.26. The number of pyridine rings is 1. The van der Waals surface area contributed by atoms with E-state index in [0.29, 0.717) is 17.7 Å². The number of carbonyl (C=O) groups excluding carboxylic acids is 2. The van der Waals surface area contributed by atoms with Crippen LogP contribution in [0.4, 0.5) is 27.2 Å². The largest absolute Gasteiger partial charge is 0.476 e. The Labute approximate surface area is 282 Å². The van der Waals surface area contributed by atoms with Gasteiger partial charge in [-0.25, -0.2) is 14.6 Å². The van der Waals surface area contributed by atoms with Gasteiger partial charge in [-0.15, -0.1) is 5.10 Å². The average molecular weight is 685 g/mol. The molecule has 49 heavy (non-hydrogen) atoms. The highest BCUT2D eigenvalue weighted by Gasteiger charge is 2.32. The van der Waals surface area contributed by atoms with Crippen LogP contribution in [0.25, 0.3) is 22.0 Å².